The summed E-state index contributed by atoms with van der Waals surface area (Å²) >= 11 is 11.7. The highest BCUT2D eigenvalue weighted by molar-refractivity contribution is 6.45. The molecule has 3 N–H and O–H groups in total. The topological polar surface area (TPSA) is 132 Å². The molecule has 2 aromatic rings. The van der Waals surface area contributed by atoms with Gasteiger partial charge in [0.25, 0.3) is 0 Å². The first-order chi connectivity index (χ1) is 13.4. The molecule has 0 aliphatic rings. The van der Waals surface area contributed by atoms with E-state index in [9.17, 15) is 20.1 Å². The van der Waals surface area contributed by atoms with Gasteiger partial charge in [0.05, 0.1) is 12.1 Å². The van der Waals surface area contributed by atoms with E-state index in [2.05, 4.69) is 5.10 Å². The van der Waals surface area contributed by atoms with Crippen LogP contribution >= 0.6 is 23.2 Å². The van der Waals surface area contributed by atoms with E-state index in [1.165, 1.54) is 24.3 Å². The number of nitriles is 2. The Bertz CT molecular complexity index is 989. The minimum absolute atomic E-state index is 0.329. The van der Waals surface area contributed by atoms with Gasteiger partial charge in [0.15, 0.2) is 0 Å². The van der Waals surface area contributed by atoms with E-state index >= 15 is 0 Å². The molecule has 0 fully saturated rings. The van der Waals surface area contributed by atoms with E-state index in [4.69, 9.17) is 28.9 Å². The molecule has 7 nitrogen and oxygen atoms in total. The van der Waals surface area contributed by atoms with Crippen LogP contribution in [0.2, 0.25) is 10.0 Å². The van der Waals surface area contributed by atoms with Crippen molar-refractivity contribution < 1.29 is 9.59 Å². The second-order valence-electron chi connectivity index (χ2n) is 5.56. The Morgan fingerprint density at radius 2 is 1.32 bits per heavy atom. The molecule has 2 amide bonds. The average molecular weight is 414 g/mol. The molecule has 0 aliphatic heterocycles. The Hall–Kier alpha value is -3.39. The normalized spacial score (nSPS) is 12.9. The first kappa shape index (κ1) is 20.9. The highest BCUT2D eigenvalue weighted by Crippen LogP contribution is 2.25. The molecule has 0 heterocycles. The Morgan fingerprint density at radius 1 is 0.893 bits per heavy atom. The number of benzene rings is 2. The van der Waals surface area contributed by atoms with Gasteiger partial charge in [-0.3, -0.25) is 4.79 Å². The maximum Gasteiger partial charge on any atom is 0.332 e. The van der Waals surface area contributed by atoms with Crippen molar-refractivity contribution in [2.45, 2.75) is 11.8 Å². The number of ketones is 1. The summed E-state index contributed by atoms with van der Waals surface area (Å²) in [5.74, 6) is -3.16. The Balaban J connectivity index is 2.50. The number of halogens is 2. The Labute approximate surface area is 171 Å². The van der Waals surface area contributed by atoms with Crippen LogP contribution in [0, 0.1) is 22.7 Å². The van der Waals surface area contributed by atoms with E-state index in [0.717, 1.165) is 0 Å². The molecule has 0 aromatic heterocycles. The second kappa shape index (κ2) is 9.52. The van der Waals surface area contributed by atoms with Gasteiger partial charge in [-0.2, -0.15) is 15.6 Å². The van der Waals surface area contributed by atoms with Gasteiger partial charge in [0, 0.05) is 10.0 Å². The maximum absolute atomic E-state index is 13.1. The third-order valence-electron chi connectivity index (χ3n) is 3.74. The minimum atomic E-state index is -1.26. The van der Waals surface area contributed by atoms with E-state index in [0.29, 0.717) is 21.2 Å². The molecule has 2 atom stereocenters. The zero-order valence-corrected chi connectivity index (χ0v) is 15.8. The van der Waals surface area contributed by atoms with Crippen LogP contribution in [0.4, 0.5) is 4.79 Å². The van der Waals surface area contributed by atoms with Gasteiger partial charge in [0.2, 0.25) is 5.78 Å². The van der Waals surface area contributed by atoms with Gasteiger partial charge in [-0.15, -0.1) is 0 Å². The highest BCUT2D eigenvalue weighted by Gasteiger charge is 2.32. The van der Waals surface area contributed by atoms with E-state index in [1.54, 1.807) is 24.3 Å². The lowest BCUT2D eigenvalue weighted by atomic mass is 9.86. The van der Waals surface area contributed by atoms with Crippen molar-refractivity contribution in [2.75, 3.05) is 0 Å². The van der Waals surface area contributed by atoms with Crippen LogP contribution in [0.15, 0.2) is 53.6 Å². The summed E-state index contributed by atoms with van der Waals surface area (Å²) in [4.78, 5) is 24.1. The molecule has 140 valence electrons. The maximum atomic E-state index is 13.1. The van der Waals surface area contributed by atoms with Crippen molar-refractivity contribution in [3.8, 4) is 12.1 Å². The van der Waals surface area contributed by atoms with Crippen molar-refractivity contribution in [3.05, 3.63) is 69.7 Å². The molecule has 28 heavy (non-hydrogen) atoms. The Morgan fingerprint density at radius 3 is 1.71 bits per heavy atom. The molecule has 0 saturated carbocycles. The number of amides is 2. The number of carbonyl (C=O) groups is 2. The first-order valence-electron chi connectivity index (χ1n) is 7.84. The van der Waals surface area contributed by atoms with Gasteiger partial charge in [-0.25, -0.2) is 10.2 Å². The second-order valence-corrected chi connectivity index (χ2v) is 6.44. The van der Waals surface area contributed by atoms with Crippen LogP contribution < -0.4 is 11.2 Å². The van der Waals surface area contributed by atoms with Gasteiger partial charge < -0.3 is 5.73 Å². The zero-order valence-electron chi connectivity index (χ0n) is 14.3. The summed E-state index contributed by atoms with van der Waals surface area (Å²) in [5.41, 5.74) is 7.45. The number of hydrogen-bond donors (Lipinski definition) is 2. The molecule has 0 saturated heterocycles. The van der Waals surface area contributed by atoms with Gasteiger partial charge in [-0.1, -0.05) is 47.5 Å². The fraction of sp³-hybridized carbons (Fsp3) is 0.105. The number of rotatable bonds is 6. The van der Waals surface area contributed by atoms with E-state index < -0.39 is 23.7 Å². The summed E-state index contributed by atoms with van der Waals surface area (Å²) in [6.45, 7) is 0. The third kappa shape index (κ3) is 5.08. The van der Waals surface area contributed by atoms with Crippen LogP contribution in [-0.4, -0.2) is 17.5 Å². The van der Waals surface area contributed by atoms with Crippen LogP contribution in [0.3, 0.4) is 0 Å². The standard InChI is InChI=1S/C19H13Cl2N5O2/c20-13-5-1-11(2-6-13)15(9-22)17(25-26-19(24)28)18(27)16(10-23)12-3-7-14(21)8-4-12/h1-8,15-16H,(H3,24,26,28)/b25-17+/t15-,16+/m1/s1. The van der Waals surface area contributed by atoms with Crippen LogP contribution in [0.5, 0.6) is 0 Å². The number of nitrogens with one attached hydrogen (secondary N) is 1. The fourth-order valence-electron chi connectivity index (χ4n) is 2.41. The molecule has 0 aliphatic carbocycles. The van der Waals surface area contributed by atoms with Gasteiger partial charge in [-0.05, 0) is 35.4 Å². The molecular formula is C19H13Cl2N5O2. The number of nitrogens with zero attached hydrogens (tertiary/aromatic N) is 3. The van der Waals surface area contributed by atoms with E-state index in [1.807, 2.05) is 17.6 Å². The molecule has 0 radical (unpaired) electrons. The average Bonchev–Trinajstić information content (AvgIpc) is 2.68. The molecule has 0 unspecified atom stereocenters. The van der Waals surface area contributed by atoms with Crippen LogP contribution in [0.1, 0.15) is 23.0 Å². The number of carbonyl (C=O) groups excluding carboxylic acids is 2. The SMILES string of the molecule is N#C[C@H](C(=O)/C(=N/NC(N)=O)[C@H](C#N)c1ccc(Cl)cc1)c1ccc(Cl)cc1. The summed E-state index contributed by atoms with van der Waals surface area (Å²) in [6.07, 6.45) is 0. The monoisotopic (exact) mass is 413 g/mol. The lowest BCUT2D eigenvalue weighted by molar-refractivity contribution is -0.113. The number of hydrogen-bond acceptors (Lipinski definition) is 5. The number of urea groups is 1. The van der Waals surface area contributed by atoms with Crippen molar-refractivity contribution >= 4 is 40.7 Å². The first-order valence-corrected chi connectivity index (χ1v) is 8.60. The highest BCUT2D eigenvalue weighted by atomic mass is 35.5. The summed E-state index contributed by atoms with van der Waals surface area (Å²) in [7, 11) is 0. The third-order valence-corrected chi connectivity index (χ3v) is 4.24. The molecule has 2 rings (SSSR count). The number of nitrogens with two attached hydrogens (primary N) is 1. The largest absolute Gasteiger partial charge is 0.350 e. The quantitative estimate of drug-likeness (QED) is 0.553. The lowest BCUT2D eigenvalue weighted by Crippen LogP contribution is -2.32. The van der Waals surface area contributed by atoms with Crippen LogP contribution in [0.25, 0.3) is 0 Å². The van der Waals surface area contributed by atoms with Gasteiger partial charge in [0.1, 0.15) is 17.5 Å². The van der Waals surface area contributed by atoms with Crippen molar-refractivity contribution in [3.63, 3.8) is 0 Å². The lowest BCUT2D eigenvalue weighted by Gasteiger charge is -2.15. The molecule has 2 aromatic carbocycles. The zero-order chi connectivity index (χ0) is 20.7. The van der Waals surface area contributed by atoms with Crippen molar-refractivity contribution in [1.82, 2.24) is 5.43 Å². The molecular weight excluding hydrogens is 401 g/mol. The predicted octanol–water partition coefficient (Wildman–Crippen LogP) is 3.50. The van der Waals surface area contributed by atoms with Crippen LogP contribution in [-0.2, 0) is 4.79 Å². The summed E-state index contributed by atoms with van der Waals surface area (Å²) in [6, 6.07) is 15.2. The predicted molar refractivity (Wildman–Crippen MR) is 105 cm³/mol. The number of primary amides is 1. The number of hydrazone groups is 1. The summed E-state index contributed by atoms with van der Waals surface area (Å²) in [5, 5.41) is 23.8. The molecule has 0 bridgehead atoms. The smallest absolute Gasteiger partial charge is 0.332 e. The van der Waals surface area contributed by atoms with Crippen molar-refractivity contribution in [1.29, 1.82) is 10.5 Å². The molecule has 9 heteroatoms. The van der Waals surface area contributed by atoms with Gasteiger partial charge >= 0.3 is 6.03 Å². The summed E-state index contributed by atoms with van der Waals surface area (Å²) < 4.78 is 0. The fourth-order valence-corrected chi connectivity index (χ4v) is 2.67. The molecule has 0 spiro atoms. The van der Waals surface area contributed by atoms with E-state index in [-0.39, 0.29) is 5.71 Å². The Kier molecular flexibility index (Phi) is 7.11. The minimum Gasteiger partial charge on any atom is -0.350 e. The van der Waals surface area contributed by atoms with Crippen molar-refractivity contribution in [2.24, 2.45) is 10.8 Å². The number of Topliss-reactive ketones (excluding diaryl/α,β-unsaturated/α-hetero) is 1.